The van der Waals surface area contributed by atoms with E-state index in [0.717, 1.165) is 26.9 Å². The Morgan fingerprint density at radius 2 is 1.88 bits per heavy atom. The molecule has 0 aliphatic carbocycles. The molecule has 0 atom stereocenters. The highest BCUT2D eigenvalue weighted by atomic mass is 79.9. The second-order valence-electron chi connectivity index (χ2n) is 3.35. The molecule has 4 nitrogen and oxygen atoms in total. The van der Waals surface area contributed by atoms with Crippen molar-refractivity contribution in [2.24, 2.45) is 7.05 Å². The summed E-state index contributed by atoms with van der Waals surface area (Å²) in [6.07, 6.45) is 2.80. The molecule has 0 spiro atoms. The molecule has 0 bridgehead atoms. The lowest BCUT2D eigenvalue weighted by atomic mass is 10.2. The van der Waals surface area contributed by atoms with Crippen molar-refractivity contribution in [3.63, 3.8) is 0 Å². The Labute approximate surface area is 110 Å². The summed E-state index contributed by atoms with van der Waals surface area (Å²) >= 11 is 6.71. The van der Waals surface area contributed by atoms with Crippen LogP contribution in [0.2, 0.25) is 0 Å². The summed E-state index contributed by atoms with van der Waals surface area (Å²) in [5.74, 6) is 0.686. The van der Waals surface area contributed by atoms with Crippen molar-refractivity contribution in [1.29, 1.82) is 0 Å². The normalized spacial score (nSPS) is 10.8. The zero-order chi connectivity index (χ0) is 11.7. The van der Waals surface area contributed by atoms with E-state index in [1.807, 2.05) is 19.3 Å². The van der Waals surface area contributed by atoms with Gasteiger partial charge in [-0.2, -0.15) is 5.10 Å². The van der Waals surface area contributed by atoms with E-state index in [0.29, 0.717) is 5.82 Å². The lowest BCUT2D eigenvalue weighted by Gasteiger charge is -2.00. The molecule has 2 aromatic rings. The van der Waals surface area contributed by atoms with Crippen LogP contribution in [0.3, 0.4) is 0 Å². The van der Waals surface area contributed by atoms with Gasteiger partial charge in [0.1, 0.15) is 9.21 Å². The third-order valence-corrected chi connectivity index (χ3v) is 2.96. The monoisotopic (exact) mass is 344 g/mol. The molecule has 0 radical (unpaired) electrons. The fourth-order valence-electron chi connectivity index (χ4n) is 1.49. The van der Waals surface area contributed by atoms with E-state index in [-0.39, 0.29) is 0 Å². The minimum atomic E-state index is 0.686. The smallest absolute Gasteiger partial charge is 0.165 e. The number of hydrogen-bond acceptors (Lipinski definition) is 3. The quantitative estimate of drug-likeness (QED) is 0.786. The van der Waals surface area contributed by atoms with Gasteiger partial charge in [-0.1, -0.05) is 6.92 Å². The van der Waals surface area contributed by atoms with Crippen molar-refractivity contribution in [3.8, 4) is 11.4 Å². The minimum Gasteiger partial charge on any atom is -0.275 e. The number of nitrogens with zero attached hydrogens (tertiary/aromatic N) is 4. The number of halogens is 2. The van der Waals surface area contributed by atoms with Gasteiger partial charge in [0.05, 0.1) is 11.3 Å². The van der Waals surface area contributed by atoms with Gasteiger partial charge >= 0.3 is 0 Å². The van der Waals surface area contributed by atoms with E-state index < -0.39 is 0 Å². The molecule has 0 N–H and O–H groups in total. The van der Waals surface area contributed by atoms with Crippen LogP contribution in [0.5, 0.6) is 0 Å². The molecule has 0 amide bonds. The van der Waals surface area contributed by atoms with Crippen LogP contribution < -0.4 is 0 Å². The molecule has 0 unspecified atom stereocenters. The predicted molar refractivity (Wildman–Crippen MR) is 69.0 cm³/mol. The first-order valence-electron chi connectivity index (χ1n) is 4.83. The average Bonchev–Trinajstić information content (AvgIpc) is 2.58. The van der Waals surface area contributed by atoms with Crippen LogP contribution in [-0.4, -0.2) is 19.7 Å². The number of aromatic nitrogens is 4. The molecule has 2 rings (SSSR count). The lowest BCUT2D eigenvalue weighted by molar-refractivity contribution is 0.746. The summed E-state index contributed by atoms with van der Waals surface area (Å²) < 4.78 is 3.30. The van der Waals surface area contributed by atoms with Crippen molar-refractivity contribution >= 4 is 31.9 Å². The molecule has 6 heteroatoms. The predicted octanol–water partition coefficient (Wildman–Crippen LogP) is 2.96. The lowest BCUT2D eigenvalue weighted by Crippen LogP contribution is -1.92. The van der Waals surface area contributed by atoms with Crippen LogP contribution in [0.15, 0.2) is 21.5 Å². The van der Waals surface area contributed by atoms with Crippen LogP contribution in [0.1, 0.15) is 12.6 Å². The zero-order valence-corrected chi connectivity index (χ0v) is 12.1. The maximum absolute atomic E-state index is 4.37. The Morgan fingerprint density at radius 1 is 1.25 bits per heavy atom. The molecule has 2 aromatic heterocycles. The topological polar surface area (TPSA) is 43.6 Å². The standard InChI is InChI=1S/C10H10Br2N4/c1-3-7-6(5-16(2)15-7)10-13-8(11)4-9(12)14-10/h4-5H,3H2,1-2H3. The van der Waals surface area contributed by atoms with Gasteiger partial charge in [-0.05, 0) is 38.3 Å². The van der Waals surface area contributed by atoms with Crippen LogP contribution in [0.25, 0.3) is 11.4 Å². The summed E-state index contributed by atoms with van der Waals surface area (Å²) in [5, 5.41) is 4.37. The van der Waals surface area contributed by atoms with Gasteiger partial charge in [-0.3, -0.25) is 4.68 Å². The minimum absolute atomic E-state index is 0.686. The third kappa shape index (κ3) is 2.32. The Hall–Kier alpha value is -0.750. The maximum Gasteiger partial charge on any atom is 0.165 e. The Morgan fingerprint density at radius 3 is 2.44 bits per heavy atom. The van der Waals surface area contributed by atoms with E-state index in [1.165, 1.54) is 0 Å². The van der Waals surface area contributed by atoms with E-state index in [1.54, 1.807) is 4.68 Å². The third-order valence-electron chi connectivity index (χ3n) is 2.14. The van der Waals surface area contributed by atoms with Crippen molar-refractivity contribution < 1.29 is 0 Å². The molecule has 0 aliphatic heterocycles. The molecule has 0 saturated carbocycles. The van der Waals surface area contributed by atoms with Crippen LogP contribution >= 0.6 is 31.9 Å². The van der Waals surface area contributed by atoms with Crippen molar-refractivity contribution in [2.45, 2.75) is 13.3 Å². The van der Waals surface area contributed by atoms with Gasteiger partial charge in [0.15, 0.2) is 5.82 Å². The Bertz CT molecular complexity index is 501. The molecular formula is C10H10Br2N4. The molecule has 0 aromatic carbocycles. The SMILES string of the molecule is CCc1nn(C)cc1-c1nc(Br)cc(Br)n1. The number of aryl methyl sites for hydroxylation is 2. The Kier molecular flexibility index (Phi) is 3.39. The van der Waals surface area contributed by atoms with Gasteiger partial charge in [0, 0.05) is 19.3 Å². The highest BCUT2D eigenvalue weighted by Gasteiger charge is 2.12. The highest BCUT2D eigenvalue weighted by Crippen LogP contribution is 2.23. The first kappa shape index (κ1) is 11.7. The zero-order valence-electron chi connectivity index (χ0n) is 8.91. The molecular weight excluding hydrogens is 336 g/mol. The van der Waals surface area contributed by atoms with E-state index >= 15 is 0 Å². The second-order valence-corrected chi connectivity index (χ2v) is 4.98. The summed E-state index contributed by atoms with van der Waals surface area (Å²) in [7, 11) is 1.90. The first-order valence-corrected chi connectivity index (χ1v) is 6.41. The van der Waals surface area contributed by atoms with Crippen LogP contribution in [0, 0.1) is 0 Å². The van der Waals surface area contributed by atoms with Gasteiger partial charge in [-0.15, -0.1) is 0 Å². The van der Waals surface area contributed by atoms with Gasteiger partial charge < -0.3 is 0 Å². The van der Waals surface area contributed by atoms with Crippen LogP contribution in [0.4, 0.5) is 0 Å². The second kappa shape index (κ2) is 4.63. The van der Waals surface area contributed by atoms with Gasteiger partial charge in [0.2, 0.25) is 0 Å². The van der Waals surface area contributed by atoms with Crippen LogP contribution in [-0.2, 0) is 13.5 Å². The van der Waals surface area contributed by atoms with Gasteiger partial charge in [-0.25, -0.2) is 9.97 Å². The molecule has 0 fully saturated rings. The molecule has 16 heavy (non-hydrogen) atoms. The van der Waals surface area contributed by atoms with E-state index in [2.05, 4.69) is 53.9 Å². The van der Waals surface area contributed by atoms with Crippen molar-refractivity contribution in [2.75, 3.05) is 0 Å². The van der Waals surface area contributed by atoms with Gasteiger partial charge in [0.25, 0.3) is 0 Å². The fourth-order valence-corrected chi connectivity index (χ4v) is 2.57. The summed E-state index contributed by atoms with van der Waals surface area (Å²) in [6.45, 7) is 2.07. The summed E-state index contributed by atoms with van der Waals surface area (Å²) in [6, 6.07) is 1.81. The molecule has 0 aliphatic rings. The van der Waals surface area contributed by atoms with E-state index in [9.17, 15) is 0 Å². The number of rotatable bonds is 2. The van der Waals surface area contributed by atoms with E-state index in [4.69, 9.17) is 0 Å². The molecule has 2 heterocycles. The maximum atomic E-state index is 4.37. The first-order chi connectivity index (χ1) is 7.60. The molecule has 84 valence electrons. The number of hydrogen-bond donors (Lipinski definition) is 0. The average molecular weight is 346 g/mol. The largest absolute Gasteiger partial charge is 0.275 e. The summed E-state index contributed by atoms with van der Waals surface area (Å²) in [5.41, 5.74) is 1.99. The van der Waals surface area contributed by atoms with Crippen molar-refractivity contribution in [1.82, 2.24) is 19.7 Å². The fraction of sp³-hybridized carbons (Fsp3) is 0.300. The van der Waals surface area contributed by atoms with Crippen molar-refractivity contribution in [3.05, 3.63) is 27.2 Å². The Balaban J connectivity index is 2.57. The summed E-state index contributed by atoms with van der Waals surface area (Å²) in [4.78, 5) is 8.70. The highest BCUT2D eigenvalue weighted by molar-refractivity contribution is 9.11. The molecule has 0 saturated heterocycles.